The zero-order valence-corrected chi connectivity index (χ0v) is 18.0. The molecule has 1 heterocycles. The van der Waals surface area contributed by atoms with Crippen molar-refractivity contribution in [1.82, 2.24) is 15.1 Å². The van der Waals surface area contributed by atoms with E-state index in [1.807, 2.05) is 43.0 Å². The molecule has 0 spiro atoms. The molecule has 1 N–H and O–H groups in total. The largest absolute Gasteiger partial charge is 0.357 e. The topological polar surface area (TPSA) is 47.9 Å². The second kappa shape index (κ2) is 11.3. The van der Waals surface area contributed by atoms with Crippen LogP contribution in [0.5, 0.6) is 0 Å². The Morgan fingerprint density at radius 2 is 1.72 bits per heavy atom. The molecule has 1 aromatic carbocycles. The molecule has 0 saturated carbocycles. The van der Waals surface area contributed by atoms with Crippen LogP contribution in [0.3, 0.4) is 0 Å². The Balaban J connectivity index is 0.00000312. The van der Waals surface area contributed by atoms with Crippen LogP contribution in [0.25, 0.3) is 0 Å². The van der Waals surface area contributed by atoms with Gasteiger partial charge in [0, 0.05) is 38.3 Å². The van der Waals surface area contributed by atoms with Crippen LogP contribution < -0.4 is 5.32 Å². The molecule has 0 unspecified atom stereocenters. The van der Waals surface area contributed by atoms with Gasteiger partial charge in [-0.1, -0.05) is 12.1 Å². The van der Waals surface area contributed by atoms with Crippen molar-refractivity contribution < 1.29 is 4.79 Å². The van der Waals surface area contributed by atoms with Crippen molar-refractivity contribution in [2.45, 2.75) is 40.2 Å². The van der Waals surface area contributed by atoms with Crippen LogP contribution in [0.2, 0.25) is 0 Å². The maximum absolute atomic E-state index is 12.3. The van der Waals surface area contributed by atoms with Gasteiger partial charge in [0.15, 0.2) is 5.96 Å². The maximum Gasteiger partial charge on any atom is 0.253 e. The van der Waals surface area contributed by atoms with Crippen LogP contribution >= 0.6 is 24.0 Å². The van der Waals surface area contributed by atoms with Gasteiger partial charge in [0.1, 0.15) is 0 Å². The van der Waals surface area contributed by atoms with E-state index in [9.17, 15) is 4.79 Å². The lowest BCUT2D eigenvalue weighted by Crippen LogP contribution is -2.39. The van der Waals surface area contributed by atoms with E-state index in [0.717, 1.165) is 49.8 Å². The van der Waals surface area contributed by atoms with Gasteiger partial charge in [0.25, 0.3) is 5.91 Å². The third kappa shape index (κ3) is 6.17. The number of guanidine groups is 1. The highest BCUT2D eigenvalue weighted by Gasteiger charge is 2.15. The van der Waals surface area contributed by atoms with Crippen LogP contribution in [0.4, 0.5) is 0 Å². The number of aliphatic imine (C=N–C) groups is 1. The summed E-state index contributed by atoms with van der Waals surface area (Å²) in [7, 11) is 0. The first kappa shape index (κ1) is 21.7. The van der Waals surface area contributed by atoms with Gasteiger partial charge in [-0.2, -0.15) is 0 Å². The molecule has 1 aliphatic rings. The summed E-state index contributed by atoms with van der Waals surface area (Å²) in [6.45, 7) is 11.3. The minimum atomic E-state index is 0. The van der Waals surface area contributed by atoms with Gasteiger partial charge >= 0.3 is 0 Å². The fourth-order valence-corrected chi connectivity index (χ4v) is 2.97. The number of hydrogen-bond donors (Lipinski definition) is 1. The highest BCUT2D eigenvalue weighted by atomic mass is 127. The van der Waals surface area contributed by atoms with E-state index in [1.165, 1.54) is 12.8 Å². The number of benzene rings is 1. The molecule has 1 amide bonds. The summed E-state index contributed by atoms with van der Waals surface area (Å²) in [6, 6.07) is 7.84. The van der Waals surface area contributed by atoms with E-state index in [-0.39, 0.29) is 29.9 Å². The minimum Gasteiger partial charge on any atom is -0.357 e. The number of hydrogen-bond acceptors (Lipinski definition) is 2. The molecular formula is C19H31IN4O. The number of likely N-dealkylation sites (tertiary alicyclic amines) is 1. The number of carbonyl (C=O) groups excluding carboxylic acids is 1. The summed E-state index contributed by atoms with van der Waals surface area (Å²) >= 11 is 0. The normalized spacial score (nSPS) is 14.2. The Hall–Kier alpha value is -1.31. The minimum absolute atomic E-state index is 0. The highest BCUT2D eigenvalue weighted by molar-refractivity contribution is 14.0. The van der Waals surface area contributed by atoms with Gasteiger partial charge in [-0.05, 0) is 51.3 Å². The molecule has 1 aromatic rings. The summed E-state index contributed by atoms with van der Waals surface area (Å²) in [5.41, 5.74) is 1.87. The van der Waals surface area contributed by atoms with Crippen LogP contribution in [-0.4, -0.2) is 54.4 Å². The number of halogens is 1. The summed E-state index contributed by atoms with van der Waals surface area (Å²) < 4.78 is 0. The molecule has 5 nitrogen and oxygen atoms in total. The molecular weight excluding hydrogens is 427 g/mol. The zero-order valence-electron chi connectivity index (χ0n) is 15.6. The van der Waals surface area contributed by atoms with E-state index < -0.39 is 0 Å². The second-order valence-electron chi connectivity index (χ2n) is 6.04. The van der Waals surface area contributed by atoms with Gasteiger partial charge in [-0.3, -0.25) is 4.79 Å². The van der Waals surface area contributed by atoms with Crippen molar-refractivity contribution in [2.24, 2.45) is 4.99 Å². The van der Waals surface area contributed by atoms with Gasteiger partial charge in [0.2, 0.25) is 0 Å². The molecule has 140 valence electrons. The van der Waals surface area contributed by atoms with Crippen molar-refractivity contribution in [3.8, 4) is 0 Å². The fraction of sp³-hybridized carbons (Fsp3) is 0.579. The van der Waals surface area contributed by atoms with Crippen molar-refractivity contribution in [3.63, 3.8) is 0 Å². The van der Waals surface area contributed by atoms with E-state index in [2.05, 4.69) is 17.1 Å². The molecule has 1 saturated heterocycles. The molecule has 0 aliphatic carbocycles. The monoisotopic (exact) mass is 458 g/mol. The molecule has 0 bridgehead atoms. The lowest BCUT2D eigenvalue weighted by molar-refractivity contribution is 0.0773. The van der Waals surface area contributed by atoms with E-state index >= 15 is 0 Å². The summed E-state index contributed by atoms with van der Waals surface area (Å²) in [4.78, 5) is 21.2. The average molecular weight is 458 g/mol. The Labute approximate surface area is 168 Å². The lowest BCUT2D eigenvalue weighted by Gasteiger charge is -2.20. The van der Waals surface area contributed by atoms with Gasteiger partial charge < -0.3 is 15.1 Å². The van der Waals surface area contributed by atoms with Gasteiger partial charge in [-0.25, -0.2) is 4.99 Å². The zero-order chi connectivity index (χ0) is 17.4. The van der Waals surface area contributed by atoms with Gasteiger partial charge in [0.05, 0.1) is 6.54 Å². The maximum atomic E-state index is 12.3. The predicted molar refractivity (Wildman–Crippen MR) is 115 cm³/mol. The smallest absolute Gasteiger partial charge is 0.253 e. The third-order valence-corrected chi connectivity index (χ3v) is 4.40. The number of carbonyl (C=O) groups is 1. The van der Waals surface area contributed by atoms with E-state index in [0.29, 0.717) is 6.54 Å². The van der Waals surface area contributed by atoms with Crippen molar-refractivity contribution in [1.29, 1.82) is 0 Å². The number of rotatable bonds is 6. The first-order valence-electron chi connectivity index (χ1n) is 9.11. The average Bonchev–Trinajstić information content (AvgIpc) is 3.14. The molecule has 1 aliphatic heterocycles. The quantitative estimate of drug-likeness (QED) is 0.404. The molecule has 0 radical (unpaired) electrons. The standard InChI is InChI=1S/C19H30N4O.HI/c1-4-20-19(23-13-7-8-14-23)21-15-16-9-11-17(12-10-16)18(24)22(5-2)6-3;/h9-12H,4-8,13-15H2,1-3H3,(H,20,21);1H. The molecule has 1 fully saturated rings. The summed E-state index contributed by atoms with van der Waals surface area (Å²) in [5, 5.41) is 3.37. The molecule has 6 heteroatoms. The SMILES string of the molecule is CCNC(=NCc1ccc(C(=O)N(CC)CC)cc1)N1CCCC1.I. The first-order valence-corrected chi connectivity index (χ1v) is 9.11. The predicted octanol–water partition coefficient (Wildman–Crippen LogP) is 3.35. The van der Waals surface area contributed by atoms with Gasteiger partial charge in [-0.15, -0.1) is 24.0 Å². The fourth-order valence-electron chi connectivity index (χ4n) is 2.97. The van der Waals surface area contributed by atoms with Crippen LogP contribution in [0.15, 0.2) is 29.3 Å². The molecule has 25 heavy (non-hydrogen) atoms. The molecule has 2 rings (SSSR count). The number of nitrogens with one attached hydrogen (secondary N) is 1. The van der Waals surface area contributed by atoms with E-state index in [1.54, 1.807) is 0 Å². The van der Waals surface area contributed by atoms with E-state index in [4.69, 9.17) is 4.99 Å². The lowest BCUT2D eigenvalue weighted by atomic mass is 10.1. The Kier molecular flexibility index (Phi) is 9.85. The molecule has 0 atom stereocenters. The van der Waals surface area contributed by atoms with Crippen molar-refractivity contribution in [2.75, 3.05) is 32.7 Å². The van der Waals surface area contributed by atoms with Crippen LogP contribution in [0, 0.1) is 0 Å². The highest BCUT2D eigenvalue weighted by Crippen LogP contribution is 2.11. The Morgan fingerprint density at radius 1 is 1.12 bits per heavy atom. The first-order chi connectivity index (χ1) is 11.7. The molecule has 0 aromatic heterocycles. The summed E-state index contributed by atoms with van der Waals surface area (Å²) in [6.07, 6.45) is 2.49. The number of amides is 1. The Morgan fingerprint density at radius 3 is 2.24 bits per heavy atom. The number of nitrogens with zero attached hydrogens (tertiary/aromatic N) is 3. The van der Waals surface area contributed by atoms with Crippen LogP contribution in [0.1, 0.15) is 49.5 Å². The Bertz CT molecular complexity index is 549. The van der Waals surface area contributed by atoms with Crippen molar-refractivity contribution >= 4 is 35.8 Å². The van der Waals surface area contributed by atoms with Crippen LogP contribution in [-0.2, 0) is 6.54 Å². The summed E-state index contributed by atoms with van der Waals surface area (Å²) in [5.74, 6) is 1.10. The third-order valence-electron chi connectivity index (χ3n) is 4.40. The van der Waals surface area contributed by atoms with Crippen molar-refractivity contribution in [3.05, 3.63) is 35.4 Å². The second-order valence-corrected chi connectivity index (χ2v) is 6.04.